The van der Waals surface area contributed by atoms with Crippen LogP contribution >= 0.6 is 0 Å². The van der Waals surface area contributed by atoms with Crippen molar-refractivity contribution in [3.63, 3.8) is 0 Å². The molecule has 1 unspecified atom stereocenters. The Hall–Kier alpha value is -3.07. The van der Waals surface area contributed by atoms with Gasteiger partial charge >= 0.3 is 0 Å². The predicted molar refractivity (Wildman–Crippen MR) is 135 cm³/mol. The number of ketones is 1. The van der Waals surface area contributed by atoms with Crippen molar-refractivity contribution in [2.24, 2.45) is 0 Å². The molecule has 35 heavy (non-hydrogen) atoms. The summed E-state index contributed by atoms with van der Waals surface area (Å²) in [6.45, 7) is 2.71. The normalized spacial score (nSPS) is 16.4. The van der Waals surface area contributed by atoms with Crippen molar-refractivity contribution in [3.05, 3.63) is 89.2 Å². The molecule has 3 aromatic carbocycles. The van der Waals surface area contributed by atoms with Crippen LogP contribution in [0.4, 0.5) is 4.39 Å². The van der Waals surface area contributed by atoms with Crippen molar-refractivity contribution in [1.29, 1.82) is 0 Å². The number of ether oxygens (including phenoxy) is 1. The van der Waals surface area contributed by atoms with Gasteiger partial charge in [0.1, 0.15) is 11.6 Å². The molecule has 0 aromatic heterocycles. The third-order valence-corrected chi connectivity index (χ3v) is 8.11. The van der Waals surface area contributed by atoms with Crippen LogP contribution in [0.3, 0.4) is 0 Å². The summed E-state index contributed by atoms with van der Waals surface area (Å²) in [5.74, 6) is -0.470. The van der Waals surface area contributed by atoms with Crippen molar-refractivity contribution >= 4 is 15.8 Å². The summed E-state index contributed by atoms with van der Waals surface area (Å²) in [7, 11) is -2.14. The predicted octanol–water partition coefficient (Wildman–Crippen LogP) is 4.19. The first-order chi connectivity index (χ1) is 16.8. The van der Waals surface area contributed by atoms with Crippen LogP contribution in [0.1, 0.15) is 27.9 Å². The maximum absolute atomic E-state index is 14.8. The largest absolute Gasteiger partial charge is 0.497 e. The van der Waals surface area contributed by atoms with Gasteiger partial charge in [-0.3, -0.25) is 9.69 Å². The molecule has 0 aliphatic carbocycles. The van der Waals surface area contributed by atoms with Gasteiger partial charge in [-0.25, -0.2) is 17.5 Å². The van der Waals surface area contributed by atoms with Crippen molar-refractivity contribution in [3.8, 4) is 16.9 Å². The highest BCUT2D eigenvalue weighted by Gasteiger charge is 2.33. The number of nitrogens with one attached hydrogen (secondary N) is 1. The number of likely N-dealkylation sites (tertiary alicyclic amines) is 1. The van der Waals surface area contributed by atoms with E-state index in [9.17, 15) is 17.6 Å². The summed E-state index contributed by atoms with van der Waals surface area (Å²) in [5, 5.41) is -0.636. The van der Waals surface area contributed by atoms with Crippen LogP contribution in [-0.2, 0) is 16.6 Å². The first kappa shape index (κ1) is 25.0. The molecule has 1 aliphatic heterocycles. The number of hydrogen-bond acceptors (Lipinski definition) is 5. The van der Waals surface area contributed by atoms with E-state index in [1.54, 1.807) is 20.1 Å². The van der Waals surface area contributed by atoms with E-state index >= 15 is 0 Å². The van der Waals surface area contributed by atoms with Gasteiger partial charge in [0.25, 0.3) is 0 Å². The zero-order valence-electron chi connectivity index (χ0n) is 19.8. The lowest BCUT2D eigenvalue weighted by Crippen LogP contribution is -2.39. The molecule has 184 valence electrons. The first-order valence-electron chi connectivity index (χ1n) is 11.5. The van der Waals surface area contributed by atoms with Gasteiger partial charge in [-0.1, -0.05) is 42.5 Å². The van der Waals surface area contributed by atoms with Crippen molar-refractivity contribution < 1.29 is 22.3 Å². The Morgan fingerprint density at radius 1 is 1.09 bits per heavy atom. The zero-order chi connectivity index (χ0) is 25.0. The van der Waals surface area contributed by atoms with E-state index in [4.69, 9.17) is 4.74 Å². The smallest absolute Gasteiger partial charge is 0.216 e. The molecular weight excluding hydrogens is 467 g/mol. The summed E-state index contributed by atoms with van der Waals surface area (Å²) in [4.78, 5) is 14.9. The van der Waals surface area contributed by atoms with E-state index in [0.29, 0.717) is 37.2 Å². The Kier molecular flexibility index (Phi) is 7.64. The van der Waals surface area contributed by atoms with Crippen LogP contribution in [0.25, 0.3) is 11.1 Å². The highest BCUT2D eigenvalue weighted by Crippen LogP contribution is 2.25. The van der Waals surface area contributed by atoms with Crippen LogP contribution in [0.5, 0.6) is 5.75 Å². The number of hydrogen-bond donors (Lipinski definition) is 1. The maximum Gasteiger partial charge on any atom is 0.216 e. The summed E-state index contributed by atoms with van der Waals surface area (Å²) in [6.07, 6.45) is 0.463. The molecule has 0 spiro atoms. The SMILES string of the molecule is COc1cccc(CN2CCC(S(=O)(=O)NCC(=O)c3cc(-c4ccccc4)cc(C)c3F)C2)c1. The maximum atomic E-state index is 14.8. The highest BCUT2D eigenvalue weighted by atomic mass is 32.2. The average molecular weight is 497 g/mol. The summed E-state index contributed by atoms with van der Waals surface area (Å²) in [5.41, 5.74) is 2.82. The number of sulfonamides is 1. The van der Waals surface area contributed by atoms with Gasteiger partial charge in [0.05, 0.1) is 24.5 Å². The van der Waals surface area contributed by atoms with Gasteiger partial charge in [0.2, 0.25) is 10.0 Å². The van der Waals surface area contributed by atoms with E-state index in [1.807, 2.05) is 54.6 Å². The molecule has 1 aliphatic rings. The second kappa shape index (κ2) is 10.7. The zero-order valence-corrected chi connectivity index (χ0v) is 20.6. The number of aryl methyl sites for hydroxylation is 1. The summed E-state index contributed by atoms with van der Waals surface area (Å²) >= 11 is 0. The Bertz CT molecular complexity index is 1310. The van der Waals surface area contributed by atoms with Crippen LogP contribution < -0.4 is 9.46 Å². The average Bonchev–Trinajstić information content (AvgIpc) is 3.34. The van der Waals surface area contributed by atoms with Crippen LogP contribution in [-0.4, -0.2) is 51.1 Å². The third kappa shape index (κ3) is 5.96. The molecule has 0 amide bonds. The molecule has 6 nitrogen and oxygen atoms in total. The van der Waals surface area contributed by atoms with Gasteiger partial charge < -0.3 is 4.74 Å². The molecule has 0 bridgehead atoms. The number of Topliss-reactive ketones (excluding diaryl/α,β-unsaturated/α-hetero) is 1. The Balaban J connectivity index is 1.40. The van der Waals surface area contributed by atoms with Crippen LogP contribution in [0.2, 0.25) is 0 Å². The molecule has 1 atom stereocenters. The lowest BCUT2D eigenvalue weighted by Gasteiger charge is -2.17. The molecule has 4 rings (SSSR count). The third-order valence-electron chi connectivity index (χ3n) is 6.30. The van der Waals surface area contributed by atoms with Crippen molar-refractivity contribution in [2.75, 3.05) is 26.7 Å². The molecule has 0 radical (unpaired) electrons. The lowest BCUT2D eigenvalue weighted by atomic mass is 9.98. The Morgan fingerprint density at radius 3 is 2.60 bits per heavy atom. The molecule has 8 heteroatoms. The van der Waals surface area contributed by atoms with E-state index in [0.717, 1.165) is 16.9 Å². The summed E-state index contributed by atoms with van der Waals surface area (Å²) in [6, 6.07) is 20.2. The minimum absolute atomic E-state index is 0.113. The van der Waals surface area contributed by atoms with Gasteiger partial charge in [-0.15, -0.1) is 0 Å². The van der Waals surface area contributed by atoms with E-state index in [-0.39, 0.29) is 5.56 Å². The molecule has 3 aromatic rings. The Morgan fingerprint density at radius 2 is 1.86 bits per heavy atom. The standard InChI is InChI=1S/C27H29FN2O4S/c1-19-13-22(21-8-4-3-5-9-21)15-25(27(19)28)26(31)16-29-35(32,33)24-11-12-30(18-24)17-20-7-6-10-23(14-20)34-2/h3-10,13-15,24,29H,11-12,16-18H2,1-2H3. The minimum atomic E-state index is -3.75. The van der Waals surface area contributed by atoms with Crippen molar-refractivity contribution in [1.82, 2.24) is 9.62 Å². The van der Waals surface area contributed by atoms with Crippen LogP contribution in [0.15, 0.2) is 66.7 Å². The topological polar surface area (TPSA) is 75.7 Å². The number of methoxy groups -OCH3 is 1. The van der Waals surface area contributed by atoms with Gasteiger partial charge in [0.15, 0.2) is 5.78 Å². The quantitative estimate of drug-likeness (QED) is 0.450. The Labute approximate surface area is 205 Å². The molecule has 1 heterocycles. The van der Waals surface area contributed by atoms with Crippen molar-refractivity contribution in [2.45, 2.75) is 25.1 Å². The van der Waals surface area contributed by atoms with E-state index in [1.165, 1.54) is 6.07 Å². The highest BCUT2D eigenvalue weighted by molar-refractivity contribution is 7.90. The summed E-state index contributed by atoms with van der Waals surface area (Å²) < 4.78 is 48.2. The fourth-order valence-electron chi connectivity index (χ4n) is 4.37. The number of halogens is 1. The molecule has 0 saturated carbocycles. The fourth-order valence-corrected chi connectivity index (χ4v) is 5.76. The second-order valence-electron chi connectivity index (χ2n) is 8.81. The number of nitrogens with zero attached hydrogens (tertiary/aromatic N) is 1. The lowest BCUT2D eigenvalue weighted by molar-refractivity contribution is 0.0993. The van der Waals surface area contributed by atoms with E-state index < -0.39 is 33.4 Å². The second-order valence-corrected chi connectivity index (χ2v) is 10.9. The first-order valence-corrected chi connectivity index (χ1v) is 13.0. The molecule has 1 N–H and O–H groups in total. The molecule has 1 fully saturated rings. The van der Waals surface area contributed by atoms with Gasteiger partial charge in [-0.2, -0.15) is 0 Å². The van der Waals surface area contributed by atoms with Gasteiger partial charge in [0, 0.05) is 13.1 Å². The fraction of sp³-hybridized carbons (Fsp3) is 0.296. The molecular formula is C27H29FN2O4S. The minimum Gasteiger partial charge on any atom is -0.497 e. The van der Waals surface area contributed by atoms with E-state index in [2.05, 4.69) is 9.62 Å². The van der Waals surface area contributed by atoms with Gasteiger partial charge in [-0.05, 0) is 66.4 Å². The molecule has 1 saturated heterocycles. The number of benzene rings is 3. The number of rotatable bonds is 9. The monoisotopic (exact) mass is 496 g/mol. The number of carbonyl (C=O) groups excluding carboxylic acids is 1. The number of carbonyl (C=O) groups is 1. The van der Waals surface area contributed by atoms with Crippen LogP contribution in [0, 0.1) is 12.7 Å².